The molecule has 0 aromatic heterocycles. The molecule has 0 aliphatic carbocycles. The minimum Gasteiger partial charge on any atom is -0.496 e. The fourth-order valence-corrected chi connectivity index (χ4v) is 3.53. The fourth-order valence-electron chi connectivity index (χ4n) is 2.85. The zero-order valence-electron chi connectivity index (χ0n) is 12.8. The monoisotopic (exact) mass is 400 g/mol. The van der Waals surface area contributed by atoms with E-state index in [9.17, 15) is 0 Å². The summed E-state index contributed by atoms with van der Waals surface area (Å²) in [4.78, 5) is 9.74. The number of benzene rings is 2. The molecule has 24 heavy (non-hydrogen) atoms. The highest BCUT2D eigenvalue weighted by Crippen LogP contribution is 2.34. The summed E-state index contributed by atoms with van der Waals surface area (Å²) < 4.78 is 12.4. The van der Waals surface area contributed by atoms with Crippen molar-refractivity contribution in [3.63, 3.8) is 0 Å². The minimum atomic E-state index is -0.0970. The van der Waals surface area contributed by atoms with Gasteiger partial charge in [0.15, 0.2) is 5.84 Å². The van der Waals surface area contributed by atoms with E-state index in [2.05, 4.69) is 25.9 Å². The number of thiocarbonyl (C=S) groups is 1. The Morgan fingerprint density at radius 1 is 1.21 bits per heavy atom. The maximum absolute atomic E-state index is 6.01. The largest absolute Gasteiger partial charge is 0.496 e. The van der Waals surface area contributed by atoms with Crippen molar-refractivity contribution >= 4 is 44.9 Å². The molecule has 0 amide bonds. The maximum Gasteiger partial charge on any atom is 0.207 e. The Balaban J connectivity index is 1.75. The Kier molecular flexibility index (Phi) is 3.94. The molecule has 0 radical (unpaired) electrons. The molecular weight excluding hydrogens is 388 g/mol. The summed E-state index contributed by atoms with van der Waals surface area (Å²) in [6, 6.07) is 13.6. The van der Waals surface area contributed by atoms with E-state index >= 15 is 0 Å². The number of nitrogens with zero attached hydrogens (tertiary/aromatic N) is 2. The first kappa shape index (κ1) is 15.5. The molecule has 0 bridgehead atoms. The van der Waals surface area contributed by atoms with Gasteiger partial charge in [-0.25, -0.2) is 4.99 Å². The Bertz CT molecular complexity index is 908. The van der Waals surface area contributed by atoms with E-state index in [0.717, 1.165) is 27.8 Å². The van der Waals surface area contributed by atoms with Gasteiger partial charge < -0.3 is 9.47 Å². The van der Waals surface area contributed by atoms with E-state index in [0.29, 0.717) is 22.5 Å². The summed E-state index contributed by atoms with van der Waals surface area (Å²) in [5.74, 6) is 2.56. The van der Waals surface area contributed by atoms with Crippen LogP contribution in [0.25, 0.3) is 0 Å². The number of methoxy groups -OCH3 is 1. The Hall–Kier alpha value is -2.05. The summed E-state index contributed by atoms with van der Waals surface area (Å²) in [5, 5.41) is 0. The minimum absolute atomic E-state index is 0.0970. The van der Waals surface area contributed by atoms with Gasteiger partial charge in [-0.1, -0.05) is 40.3 Å². The molecule has 4 nitrogen and oxygen atoms in total. The van der Waals surface area contributed by atoms with E-state index in [1.54, 1.807) is 7.11 Å². The molecule has 2 heterocycles. The average Bonchev–Trinajstić information content (AvgIpc) is 2.60. The maximum atomic E-state index is 6.01. The van der Waals surface area contributed by atoms with Crippen molar-refractivity contribution in [2.24, 2.45) is 15.9 Å². The van der Waals surface area contributed by atoms with E-state index in [-0.39, 0.29) is 5.92 Å². The number of ether oxygens (including phenoxy) is 2. The summed E-state index contributed by atoms with van der Waals surface area (Å²) >= 11 is 9.01. The van der Waals surface area contributed by atoms with Gasteiger partial charge in [-0.05, 0) is 42.3 Å². The topological polar surface area (TPSA) is 43.2 Å². The highest BCUT2D eigenvalue weighted by Gasteiger charge is 2.34. The molecule has 0 saturated heterocycles. The van der Waals surface area contributed by atoms with Gasteiger partial charge in [0.1, 0.15) is 16.5 Å². The van der Waals surface area contributed by atoms with Gasteiger partial charge in [-0.2, -0.15) is 4.99 Å². The van der Waals surface area contributed by atoms with Gasteiger partial charge in [-0.3, -0.25) is 0 Å². The number of rotatable bonds is 2. The average molecular weight is 401 g/mol. The van der Waals surface area contributed by atoms with Crippen LogP contribution in [0.2, 0.25) is 0 Å². The highest BCUT2D eigenvalue weighted by atomic mass is 79.9. The van der Waals surface area contributed by atoms with Crippen LogP contribution in [0.4, 0.5) is 0 Å². The van der Waals surface area contributed by atoms with E-state index in [1.807, 2.05) is 42.5 Å². The number of amidine groups is 1. The summed E-state index contributed by atoms with van der Waals surface area (Å²) in [6.07, 6.45) is 0.745. The van der Waals surface area contributed by atoms with Crippen molar-refractivity contribution in [1.82, 2.24) is 0 Å². The first-order chi connectivity index (χ1) is 11.7. The lowest BCUT2D eigenvalue weighted by Gasteiger charge is -2.28. The molecule has 1 unspecified atom stereocenters. The molecule has 4 rings (SSSR count). The molecule has 2 aliphatic heterocycles. The van der Waals surface area contributed by atoms with Crippen LogP contribution in [0.15, 0.2) is 56.9 Å². The third kappa shape index (κ3) is 2.65. The van der Waals surface area contributed by atoms with Crippen molar-refractivity contribution in [1.29, 1.82) is 0 Å². The standard InChI is InChI=1S/C18H13BrN2O2S/c1-22-15-5-3-2-4-12(15)16-20-17-13(18(24)21-16)9-10-8-11(19)6-7-14(10)23-17/h2-8,13H,9H2,1H3. The van der Waals surface area contributed by atoms with Gasteiger partial charge in [0.05, 0.1) is 18.6 Å². The quantitative estimate of drug-likeness (QED) is 0.709. The van der Waals surface area contributed by atoms with Crippen molar-refractivity contribution in [3.8, 4) is 11.5 Å². The second-order valence-electron chi connectivity index (χ2n) is 5.53. The molecule has 0 saturated carbocycles. The van der Waals surface area contributed by atoms with Gasteiger partial charge >= 0.3 is 0 Å². The van der Waals surface area contributed by atoms with Gasteiger partial charge in [0.25, 0.3) is 0 Å². The third-order valence-electron chi connectivity index (χ3n) is 4.04. The zero-order valence-corrected chi connectivity index (χ0v) is 15.2. The van der Waals surface area contributed by atoms with Crippen LogP contribution in [0.3, 0.4) is 0 Å². The molecule has 2 aromatic rings. The summed E-state index contributed by atoms with van der Waals surface area (Å²) in [7, 11) is 1.63. The molecule has 120 valence electrons. The van der Waals surface area contributed by atoms with Crippen LogP contribution in [0, 0.1) is 5.92 Å². The van der Waals surface area contributed by atoms with E-state index in [4.69, 9.17) is 21.7 Å². The molecule has 0 spiro atoms. The summed E-state index contributed by atoms with van der Waals surface area (Å²) in [6.45, 7) is 0. The Morgan fingerprint density at radius 2 is 2.04 bits per heavy atom. The molecule has 0 N–H and O–H groups in total. The van der Waals surface area contributed by atoms with Crippen molar-refractivity contribution < 1.29 is 9.47 Å². The van der Waals surface area contributed by atoms with Crippen LogP contribution in [0.1, 0.15) is 11.1 Å². The lowest BCUT2D eigenvalue weighted by molar-refractivity contribution is 0.414. The Labute approximate surface area is 153 Å². The lowest BCUT2D eigenvalue weighted by Crippen LogP contribution is -2.36. The van der Waals surface area contributed by atoms with Gasteiger partial charge in [0, 0.05) is 4.47 Å². The lowest BCUT2D eigenvalue weighted by atomic mass is 9.94. The second kappa shape index (κ2) is 6.11. The number of hydrogen-bond donors (Lipinski definition) is 0. The van der Waals surface area contributed by atoms with Gasteiger partial charge in [-0.15, -0.1) is 0 Å². The van der Waals surface area contributed by atoms with Crippen LogP contribution in [-0.4, -0.2) is 23.8 Å². The summed E-state index contributed by atoms with van der Waals surface area (Å²) in [5.41, 5.74) is 1.91. The third-order valence-corrected chi connectivity index (χ3v) is 4.91. The smallest absolute Gasteiger partial charge is 0.207 e. The van der Waals surface area contributed by atoms with E-state index < -0.39 is 0 Å². The van der Waals surface area contributed by atoms with Crippen molar-refractivity contribution in [2.75, 3.05) is 7.11 Å². The fraction of sp³-hybridized carbons (Fsp3) is 0.167. The zero-order chi connectivity index (χ0) is 16.7. The first-order valence-corrected chi connectivity index (χ1v) is 8.66. The molecule has 6 heteroatoms. The molecule has 0 fully saturated rings. The molecule has 2 aliphatic rings. The SMILES string of the molecule is COc1ccccc1C1=NC(=S)C2Cc3cc(Br)ccc3OC2=N1. The predicted octanol–water partition coefficient (Wildman–Crippen LogP) is 4.20. The molecule has 1 atom stereocenters. The van der Waals surface area contributed by atoms with Crippen LogP contribution in [0.5, 0.6) is 11.5 Å². The van der Waals surface area contributed by atoms with Crippen LogP contribution >= 0.6 is 28.1 Å². The van der Waals surface area contributed by atoms with E-state index in [1.165, 1.54) is 0 Å². The normalized spacial score (nSPS) is 18.8. The Morgan fingerprint density at radius 3 is 2.88 bits per heavy atom. The molecular formula is C18H13BrN2O2S. The number of hydrogen-bond acceptors (Lipinski definition) is 4. The molecule has 2 aromatic carbocycles. The van der Waals surface area contributed by atoms with Crippen molar-refractivity contribution in [3.05, 3.63) is 58.1 Å². The van der Waals surface area contributed by atoms with Crippen LogP contribution < -0.4 is 9.47 Å². The van der Waals surface area contributed by atoms with Crippen LogP contribution in [-0.2, 0) is 6.42 Å². The van der Waals surface area contributed by atoms with Gasteiger partial charge in [0.2, 0.25) is 5.90 Å². The number of halogens is 1. The predicted molar refractivity (Wildman–Crippen MR) is 102 cm³/mol. The van der Waals surface area contributed by atoms with Crippen molar-refractivity contribution in [2.45, 2.75) is 6.42 Å². The number of aliphatic imine (C=N–C) groups is 2. The number of fused-ring (bicyclic) bond motifs is 2. The number of para-hydroxylation sites is 1. The first-order valence-electron chi connectivity index (χ1n) is 7.46. The second-order valence-corrected chi connectivity index (χ2v) is 6.87. The highest BCUT2D eigenvalue weighted by molar-refractivity contribution is 9.10.